The first-order valence-corrected chi connectivity index (χ1v) is 9.60. The maximum Gasteiger partial charge on any atom is 0.222 e. The van der Waals surface area contributed by atoms with Crippen molar-refractivity contribution >= 4 is 39.1 Å². The van der Waals surface area contributed by atoms with Crippen molar-refractivity contribution in [3.05, 3.63) is 28.2 Å². The second-order valence-corrected chi connectivity index (χ2v) is 7.69. The van der Waals surface area contributed by atoms with Gasteiger partial charge in [0.15, 0.2) is 0 Å². The number of carbonyl (C=O) groups excluding carboxylic acids is 1. The number of likely N-dealkylation sites (N-methyl/N-ethyl adjacent to an activating group) is 1. The lowest BCUT2D eigenvalue weighted by molar-refractivity contribution is -0.130. The molecule has 0 unspecified atom stereocenters. The van der Waals surface area contributed by atoms with Crippen LogP contribution in [0.1, 0.15) is 12.8 Å². The lowest BCUT2D eigenvalue weighted by atomic mass is 10.3. The summed E-state index contributed by atoms with van der Waals surface area (Å²) in [5.74, 6) is 0.445. The molecule has 0 spiro atoms. The summed E-state index contributed by atoms with van der Waals surface area (Å²) in [4.78, 5) is 13.4. The van der Waals surface area contributed by atoms with E-state index < -0.39 is 10.0 Å². The van der Waals surface area contributed by atoms with Crippen molar-refractivity contribution in [1.82, 2.24) is 9.62 Å². The third-order valence-corrected chi connectivity index (χ3v) is 4.18. The second-order valence-electron chi connectivity index (χ2n) is 5.01. The SMILES string of the molecule is CN(CCNS(C)(=O)=O)C(=O)CCCOc1ccc(Cl)cc1Cl. The maximum absolute atomic E-state index is 11.9. The summed E-state index contributed by atoms with van der Waals surface area (Å²) in [6.07, 6.45) is 1.91. The van der Waals surface area contributed by atoms with E-state index >= 15 is 0 Å². The van der Waals surface area contributed by atoms with Gasteiger partial charge >= 0.3 is 0 Å². The summed E-state index contributed by atoms with van der Waals surface area (Å²) in [6, 6.07) is 4.94. The normalized spacial score (nSPS) is 11.3. The molecule has 6 nitrogen and oxygen atoms in total. The van der Waals surface area contributed by atoms with Gasteiger partial charge in [-0.15, -0.1) is 0 Å². The fraction of sp³-hybridized carbons (Fsp3) is 0.500. The lowest BCUT2D eigenvalue weighted by Crippen LogP contribution is -2.35. The van der Waals surface area contributed by atoms with Gasteiger partial charge in [0, 0.05) is 31.6 Å². The molecule has 0 saturated carbocycles. The molecule has 0 aromatic heterocycles. The predicted octanol–water partition coefficient (Wildman–Crippen LogP) is 2.16. The summed E-state index contributed by atoms with van der Waals surface area (Å²) < 4.78 is 29.7. The summed E-state index contributed by atoms with van der Waals surface area (Å²) in [5, 5.41) is 0.953. The van der Waals surface area contributed by atoms with Crippen LogP contribution in [0.25, 0.3) is 0 Å². The van der Waals surface area contributed by atoms with Crippen LogP contribution in [0.15, 0.2) is 18.2 Å². The average Bonchev–Trinajstić information content (AvgIpc) is 2.43. The molecule has 0 heterocycles. The molecule has 0 bridgehead atoms. The first kappa shape index (κ1) is 20.0. The van der Waals surface area contributed by atoms with E-state index in [-0.39, 0.29) is 12.5 Å². The molecule has 1 amide bonds. The number of sulfonamides is 1. The number of ether oxygens (including phenoxy) is 1. The molecule has 130 valence electrons. The Morgan fingerprint density at radius 3 is 2.65 bits per heavy atom. The lowest BCUT2D eigenvalue weighted by Gasteiger charge is -2.17. The zero-order valence-electron chi connectivity index (χ0n) is 13.0. The van der Waals surface area contributed by atoms with Crippen molar-refractivity contribution in [2.45, 2.75) is 12.8 Å². The fourth-order valence-corrected chi connectivity index (χ4v) is 2.64. The van der Waals surface area contributed by atoms with E-state index in [9.17, 15) is 13.2 Å². The minimum Gasteiger partial charge on any atom is -0.492 e. The smallest absolute Gasteiger partial charge is 0.222 e. The molecule has 0 fully saturated rings. The number of nitrogens with zero attached hydrogens (tertiary/aromatic N) is 1. The van der Waals surface area contributed by atoms with E-state index in [1.165, 1.54) is 4.90 Å². The molecular formula is C14H20Cl2N2O4S. The van der Waals surface area contributed by atoms with Gasteiger partial charge in [-0.25, -0.2) is 13.1 Å². The van der Waals surface area contributed by atoms with Crippen molar-refractivity contribution in [1.29, 1.82) is 0 Å². The number of nitrogens with one attached hydrogen (secondary N) is 1. The van der Waals surface area contributed by atoms with Crippen molar-refractivity contribution in [3.8, 4) is 5.75 Å². The molecule has 0 radical (unpaired) electrons. The molecule has 0 aliphatic heterocycles. The van der Waals surface area contributed by atoms with Gasteiger partial charge in [0.1, 0.15) is 5.75 Å². The number of hydrogen-bond acceptors (Lipinski definition) is 4. The first-order valence-electron chi connectivity index (χ1n) is 6.95. The van der Waals surface area contributed by atoms with Crippen LogP contribution in [0.3, 0.4) is 0 Å². The van der Waals surface area contributed by atoms with E-state index in [0.29, 0.717) is 41.8 Å². The Kier molecular flexibility index (Phi) is 8.11. The van der Waals surface area contributed by atoms with Crippen LogP contribution >= 0.6 is 23.2 Å². The largest absolute Gasteiger partial charge is 0.492 e. The minimum absolute atomic E-state index is 0.0777. The molecule has 1 N–H and O–H groups in total. The van der Waals surface area contributed by atoms with E-state index in [2.05, 4.69) is 4.72 Å². The Morgan fingerprint density at radius 2 is 2.04 bits per heavy atom. The number of benzene rings is 1. The van der Waals surface area contributed by atoms with Crippen LogP contribution in [0.4, 0.5) is 0 Å². The minimum atomic E-state index is -3.23. The summed E-state index contributed by atoms with van der Waals surface area (Å²) in [5.41, 5.74) is 0. The van der Waals surface area contributed by atoms with E-state index in [0.717, 1.165) is 6.26 Å². The molecule has 0 aliphatic carbocycles. The van der Waals surface area contributed by atoms with Gasteiger partial charge in [0.25, 0.3) is 0 Å². The summed E-state index contributed by atoms with van der Waals surface area (Å²) in [6.45, 7) is 0.857. The topological polar surface area (TPSA) is 75.7 Å². The molecule has 1 aromatic carbocycles. The van der Waals surface area contributed by atoms with Crippen molar-refractivity contribution < 1.29 is 17.9 Å². The van der Waals surface area contributed by atoms with Gasteiger partial charge < -0.3 is 9.64 Å². The van der Waals surface area contributed by atoms with Crippen molar-refractivity contribution in [2.24, 2.45) is 0 Å². The van der Waals surface area contributed by atoms with Crippen molar-refractivity contribution in [2.75, 3.05) is 33.0 Å². The number of hydrogen-bond donors (Lipinski definition) is 1. The monoisotopic (exact) mass is 382 g/mol. The Bertz CT molecular complexity index is 638. The third kappa shape index (κ3) is 8.41. The average molecular weight is 383 g/mol. The van der Waals surface area contributed by atoms with Crippen LogP contribution < -0.4 is 9.46 Å². The van der Waals surface area contributed by atoms with Crippen LogP contribution in [0.2, 0.25) is 10.0 Å². The molecule has 1 aromatic rings. The molecule has 0 atom stereocenters. The number of carbonyl (C=O) groups is 1. The molecular weight excluding hydrogens is 363 g/mol. The molecule has 0 aliphatic rings. The van der Waals surface area contributed by atoms with E-state index in [1.807, 2.05) is 0 Å². The Balaban J connectivity index is 2.25. The zero-order valence-corrected chi connectivity index (χ0v) is 15.3. The van der Waals surface area contributed by atoms with Crippen LogP contribution in [-0.2, 0) is 14.8 Å². The standard InChI is InChI=1S/C14H20Cl2N2O4S/c1-18(8-7-17-23(2,20)21)14(19)4-3-9-22-13-6-5-11(15)10-12(13)16/h5-6,10,17H,3-4,7-9H2,1-2H3. The molecule has 1 rings (SSSR count). The highest BCUT2D eigenvalue weighted by atomic mass is 35.5. The van der Waals surface area contributed by atoms with Gasteiger partial charge in [0.2, 0.25) is 15.9 Å². The quantitative estimate of drug-likeness (QED) is 0.663. The van der Waals surface area contributed by atoms with E-state index in [4.69, 9.17) is 27.9 Å². The van der Waals surface area contributed by atoms with Crippen LogP contribution in [0, 0.1) is 0 Å². The van der Waals surface area contributed by atoms with Gasteiger partial charge in [-0.05, 0) is 24.6 Å². The second kappa shape index (κ2) is 9.32. The Morgan fingerprint density at radius 1 is 1.35 bits per heavy atom. The van der Waals surface area contributed by atoms with E-state index in [1.54, 1.807) is 25.2 Å². The fourth-order valence-electron chi connectivity index (χ4n) is 1.71. The van der Waals surface area contributed by atoms with Crippen molar-refractivity contribution in [3.63, 3.8) is 0 Å². The van der Waals surface area contributed by atoms with Crippen LogP contribution in [0.5, 0.6) is 5.75 Å². The van der Waals surface area contributed by atoms with Gasteiger partial charge in [-0.1, -0.05) is 23.2 Å². The molecule has 9 heteroatoms. The number of halogens is 2. The Hall–Kier alpha value is -1.02. The zero-order chi connectivity index (χ0) is 17.5. The predicted molar refractivity (Wildman–Crippen MR) is 91.7 cm³/mol. The van der Waals surface area contributed by atoms with Gasteiger partial charge in [0.05, 0.1) is 17.9 Å². The molecule has 0 saturated heterocycles. The maximum atomic E-state index is 11.9. The summed E-state index contributed by atoms with van der Waals surface area (Å²) >= 11 is 11.8. The van der Waals surface area contributed by atoms with Gasteiger partial charge in [-0.3, -0.25) is 4.79 Å². The molecule has 23 heavy (non-hydrogen) atoms. The number of rotatable bonds is 9. The summed E-state index contributed by atoms with van der Waals surface area (Å²) in [7, 11) is -1.61. The first-order chi connectivity index (χ1) is 10.7. The highest BCUT2D eigenvalue weighted by Gasteiger charge is 2.10. The highest BCUT2D eigenvalue weighted by molar-refractivity contribution is 7.88. The number of amides is 1. The van der Waals surface area contributed by atoms with Gasteiger partial charge in [-0.2, -0.15) is 0 Å². The van der Waals surface area contributed by atoms with Crippen LogP contribution in [-0.4, -0.2) is 52.2 Å². The Labute approximate surface area is 146 Å². The highest BCUT2D eigenvalue weighted by Crippen LogP contribution is 2.27. The third-order valence-electron chi connectivity index (χ3n) is 2.92.